The molecule has 0 spiro atoms. The summed E-state index contributed by atoms with van der Waals surface area (Å²) in [4.78, 5) is 6.26. The summed E-state index contributed by atoms with van der Waals surface area (Å²) in [6.45, 7) is -0.332. The molecular weight excluding hydrogens is 422 g/mol. The minimum absolute atomic E-state index is 0.187. The van der Waals surface area contributed by atoms with Crippen molar-refractivity contribution < 1.29 is 30.0 Å². The van der Waals surface area contributed by atoms with Crippen LogP contribution in [0.2, 0.25) is 0 Å². The second-order valence-corrected chi connectivity index (χ2v) is 8.06. The third-order valence-electron chi connectivity index (χ3n) is 5.83. The average molecular weight is 452 g/mol. The first-order valence-corrected chi connectivity index (χ1v) is 11.0. The van der Waals surface area contributed by atoms with Crippen molar-refractivity contribution in [3.05, 3.63) is 108 Å². The Bertz CT molecular complexity index is 932. The Morgan fingerprint density at radius 1 is 0.727 bits per heavy atom. The zero-order chi connectivity index (χ0) is 23.2. The number of hydroxylamine groups is 2. The Balaban J connectivity index is 1.76. The molecular formula is C26H29NO6. The molecule has 0 bridgehead atoms. The first-order chi connectivity index (χ1) is 16.1. The molecule has 1 heterocycles. The van der Waals surface area contributed by atoms with Crippen molar-refractivity contribution in [2.45, 2.75) is 43.3 Å². The van der Waals surface area contributed by atoms with Crippen LogP contribution in [0.15, 0.2) is 91.0 Å². The van der Waals surface area contributed by atoms with Gasteiger partial charge < -0.3 is 25.2 Å². The van der Waals surface area contributed by atoms with Crippen molar-refractivity contribution in [2.24, 2.45) is 0 Å². The van der Waals surface area contributed by atoms with Crippen LogP contribution in [0.25, 0.3) is 0 Å². The quantitative estimate of drug-likeness (QED) is 0.389. The molecule has 7 nitrogen and oxygen atoms in total. The minimum atomic E-state index is -1.52. The Hall–Kier alpha value is -2.62. The number of ether oxygens (including phenoxy) is 1. The average Bonchev–Trinajstić information content (AvgIpc) is 2.87. The fourth-order valence-corrected chi connectivity index (χ4v) is 4.07. The summed E-state index contributed by atoms with van der Waals surface area (Å²) in [5, 5.41) is 42.9. The van der Waals surface area contributed by atoms with E-state index in [1.54, 1.807) is 0 Å². The molecule has 1 fully saturated rings. The maximum Gasteiger partial charge on any atom is 0.163 e. The first-order valence-electron chi connectivity index (χ1n) is 11.0. The summed E-state index contributed by atoms with van der Waals surface area (Å²) >= 11 is 0. The molecule has 1 aliphatic rings. The Morgan fingerprint density at radius 3 is 1.76 bits per heavy atom. The normalized spacial score (nSPS) is 25.5. The molecule has 174 valence electrons. The minimum Gasteiger partial charge on any atom is -0.394 e. The number of hydrogen-bond acceptors (Lipinski definition) is 7. The van der Waals surface area contributed by atoms with Gasteiger partial charge in [0.1, 0.15) is 24.4 Å². The molecule has 0 amide bonds. The van der Waals surface area contributed by atoms with Gasteiger partial charge in [-0.25, -0.2) is 0 Å². The SMILES string of the molecule is OCC1O[C@@H](N(OCc2ccccc2)C(c2ccccc2)c2ccccc2)C(O)C(O)[C@@H]1O. The lowest BCUT2D eigenvalue weighted by Gasteiger charge is -2.46. The summed E-state index contributed by atoms with van der Waals surface area (Å²) in [6.07, 6.45) is -6.66. The van der Waals surface area contributed by atoms with Gasteiger partial charge in [-0.05, 0) is 16.7 Å². The van der Waals surface area contributed by atoms with Crippen LogP contribution in [-0.4, -0.2) is 62.7 Å². The molecule has 4 N–H and O–H groups in total. The molecule has 4 rings (SSSR count). The van der Waals surface area contributed by atoms with Crippen LogP contribution < -0.4 is 0 Å². The fourth-order valence-electron chi connectivity index (χ4n) is 4.07. The van der Waals surface area contributed by atoms with Gasteiger partial charge in [0.25, 0.3) is 0 Å². The highest BCUT2D eigenvalue weighted by Gasteiger charge is 2.48. The van der Waals surface area contributed by atoms with Crippen LogP contribution >= 0.6 is 0 Å². The number of benzene rings is 3. The molecule has 7 heteroatoms. The van der Waals surface area contributed by atoms with Crippen molar-refractivity contribution in [2.75, 3.05) is 6.61 Å². The van der Waals surface area contributed by atoms with Crippen LogP contribution in [0.1, 0.15) is 22.7 Å². The molecule has 5 atom stereocenters. The number of hydrogen-bond donors (Lipinski definition) is 4. The summed E-state index contributed by atoms with van der Waals surface area (Å²) in [5.74, 6) is 0. The van der Waals surface area contributed by atoms with Crippen molar-refractivity contribution >= 4 is 0 Å². The zero-order valence-corrected chi connectivity index (χ0v) is 18.1. The highest BCUT2D eigenvalue weighted by molar-refractivity contribution is 5.31. The zero-order valence-electron chi connectivity index (χ0n) is 18.1. The van der Waals surface area contributed by atoms with E-state index in [9.17, 15) is 20.4 Å². The van der Waals surface area contributed by atoms with Crippen LogP contribution in [0.3, 0.4) is 0 Å². The van der Waals surface area contributed by atoms with E-state index in [0.29, 0.717) is 0 Å². The van der Waals surface area contributed by atoms with Gasteiger partial charge in [-0.2, -0.15) is 0 Å². The van der Waals surface area contributed by atoms with Crippen molar-refractivity contribution in [1.29, 1.82) is 0 Å². The molecule has 33 heavy (non-hydrogen) atoms. The van der Waals surface area contributed by atoms with E-state index < -0.39 is 43.3 Å². The second kappa shape index (κ2) is 11.0. The van der Waals surface area contributed by atoms with Gasteiger partial charge >= 0.3 is 0 Å². The largest absolute Gasteiger partial charge is 0.394 e. The van der Waals surface area contributed by atoms with Crippen molar-refractivity contribution in [1.82, 2.24) is 5.06 Å². The molecule has 0 aromatic heterocycles. The number of aliphatic hydroxyl groups excluding tert-OH is 4. The Morgan fingerprint density at radius 2 is 1.24 bits per heavy atom. The van der Waals surface area contributed by atoms with Crippen molar-refractivity contribution in [3.63, 3.8) is 0 Å². The molecule has 1 aliphatic heterocycles. The lowest BCUT2D eigenvalue weighted by atomic mass is 9.94. The molecule has 0 radical (unpaired) electrons. The highest BCUT2D eigenvalue weighted by Crippen LogP contribution is 2.35. The summed E-state index contributed by atoms with van der Waals surface area (Å²) in [5.41, 5.74) is 2.68. The molecule has 0 saturated carbocycles. The standard InChI is InChI=1S/C26H29NO6/c28-16-21-23(29)24(30)25(31)26(33-21)27(32-17-18-10-4-1-5-11-18)22(19-12-6-2-7-13-19)20-14-8-3-9-15-20/h1-15,21-26,28-31H,16-17H2/t21?,23-,24?,25?,26-/m1/s1. The number of nitrogens with zero attached hydrogens (tertiary/aromatic N) is 1. The third-order valence-corrected chi connectivity index (χ3v) is 5.83. The highest BCUT2D eigenvalue weighted by atomic mass is 16.7. The molecule has 0 aliphatic carbocycles. The predicted octanol–water partition coefficient (Wildman–Crippen LogP) is 2.01. The van der Waals surface area contributed by atoms with Gasteiger partial charge in [-0.15, -0.1) is 5.06 Å². The van der Waals surface area contributed by atoms with Crippen LogP contribution in [0.5, 0.6) is 0 Å². The fraction of sp³-hybridized carbons (Fsp3) is 0.308. The summed E-state index contributed by atoms with van der Waals surface area (Å²) < 4.78 is 5.90. The van der Waals surface area contributed by atoms with Crippen LogP contribution in [0.4, 0.5) is 0 Å². The van der Waals surface area contributed by atoms with Gasteiger partial charge in [0.15, 0.2) is 6.23 Å². The monoisotopic (exact) mass is 451 g/mol. The Kier molecular flexibility index (Phi) is 7.85. The van der Waals surface area contributed by atoms with Gasteiger partial charge in [-0.3, -0.25) is 4.84 Å². The molecule has 3 unspecified atom stereocenters. The first kappa shape index (κ1) is 23.5. The van der Waals surface area contributed by atoms with E-state index in [0.717, 1.165) is 16.7 Å². The van der Waals surface area contributed by atoms with Crippen LogP contribution in [0, 0.1) is 0 Å². The van der Waals surface area contributed by atoms with Gasteiger partial charge in [-0.1, -0.05) is 91.0 Å². The van der Waals surface area contributed by atoms with E-state index in [4.69, 9.17) is 9.57 Å². The molecule has 3 aromatic rings. The van der Waals surface area contributed by atoms with Gasteiger partial charge in [0.05, 0.1) is 19.3 Å². The maximum atomic E-state index is 10.9. The number of aliphatic hydroxyl groups is 4. The summed E-state index contributed by atoms with van der Waals surface area (Å²) in [6, 6.07) is 28.3. The Labute approximate surface area is 193 Å². The lowest BCUT2D eigenvalue weighted by Crippen LogP contribution is -2.63. The topological polar surface area (TPSA) is 103 Å². The summed E-state index contributed by atoms with van der Waals surface area (Å²) in [7, 11) is 0. The van der Waals surface area contributed by atoms with E-state index in [2.05, 4.69) is 0 Å². The van der Waals surface area contributed by atoms with Gasteiger partial charge in [0.2, 0.25) is 0 Å². The lowest BCUT2D eigenvalue weighted by molar-refractivity contribution is -0.348. The van der Waals surface area contributed by atoms with E-state index in [-0.39, 0.29) is 6.61 Å². The predicted molar refractivity (Wildman–Crippen MR) is 122 cm³/mol. The molecule has 3 aromatic carbocycles. The second-order valence-electron chi connectivity index (χ2n) is 8.06. The van der Waals surface area contributed by atoms with Crippen molar-refractivity contribution in [3.8, 4) is 0 Å². The number of rotatable bonds is 8. The van der Waals surface area contributed by atoms with Crippen LogP contribution in [-0.2, 0) is 16.2 Å². The smallest absolute Gasteiger partial charge is 0.163 e. The van der Waals surface area contributed by atoms with E-state index in [1.807, 2.05) is 91.0 Å². The maximum absolute atomic E-state index is 10.9. The third kappa shape index (κ3) is 5.31. The van der Waals surface area contributed by atoms with E-state index >= 15 is 0 Å². The molecule has 1 saturated heterocycles. The van der Waals surface area contributed by atoms with Gasteiger partial charge in [0, 0.05) is 0 Å². The van der Waals surface area contributed by atoms with E-state index in [1.165, 1.54) is 5.06 Å².